The molecule has 1 aliphatic rings. The number of benzene rings is 2. The van der Waals surface area contributed by atoms with Crippen LogP contribution in [-0.4, -0.2) is 31.1 Å². The molecule has 0 spiro atoms. The van der Waals surface area contributed by atoms with Gasteiger partial charge in [0.1, 0.15) is 11.5 Å². The molecule has 3 rings (SSSR count). The van der Waals surface area contributed by atoms with E-state index in [1.54, 1.807) is 0 Å². The molecule has 24 heavy (non-hydrogen) atoms. The number of nitrogens with one attached hydrogen (secondary N) is 1. The van der Waals surface area contributed by atoms with E-state index in [-0.39, 0.29) is 12.4 Å². The van der Waals surface area contributed by atoms with E-state index in [2.05, 4.69) is 50.4 Å². The Morgan fingerprint density at radius 3 is 2.33 bits per heavy atom. The number of halogens is 2. The van der Waals surface area contributed by atoms with Gasteiger partial charge in [0.25, 0.3) is 0 Å². The van der Waals surface area contributed by atoms with E-state index in [0.717, 1.165) is 29.1 Å². The van der Waals surface area contributed by atoms with Crippen LogP contribution < -0.4 is 10.1 Å². The molecule has 1 saturated heterocycles. The summed E-state index contributed by atoms with van der Waals surface area (Å²) in [6.07, 6.45) is 2.60. The van der Waals surface area contributed by atoms with Crippen LogP contribution in [0.1, 0.15) is 18.4 Å². The maximum Gasteiger partial charge on any atom is 0.127 e. The normalized spacial score (nSPS) is 17.5. The molecule has 3 nitrogen and oxygen atoms in total. The van der Waals surface area contributed by atoms with Crippen LogP contribution in [0.15, 0.2) is 53.0 Å². The van der Waals surface area contributed by atoms with Crippen LogP contribution in [0.4, 0.5) is 0 Å². The van der Waals surface area contributed by atoms with Crippen molar-refractivity contribution >= 4 is 28.3 Å². The number of hydrogen-bond donors (Lipinski definition) is 1. The van der Waals surface area contributed by atoms with Gasteiger partial charge in [-0.25, -0.2) is 0 Å². The van der Waals surface area contributed by atoms with Crippen LogP contribution in [-0.2, 0) is 6.54 Å². The van der Waals surface area contributed by atoms with Crippen molar-refractivity contribution in [1.82, 2.24) is 10.2 Å². The maximum absolute atomic E-state index is 5.87. The molecule has 0 amide bonds. The van der Waals surface area contributed by atoms with Crippen molar-refractivity contribution in [2.24, 2.45) is 0 Å². The van der Waals surface area contributed by atoms with Crippen LogP contribution in [0.5, 0.6) is 11.5 Å². The first-order valence-corrected chi connectivity index (χ1v) is 8.95. The fourth-order valence-corrected chi connectivity index (χ4v) is 3.37. The molecular formula is C19H24BrClN2O. The predicted octanol–water partition coefficient (Wildman–Crippen LogP) is 4.85. The van der Waals surface area contributed by atoms with E-state index >= 15 is 0 Å². The summed E-state index contributed by atoms with van der Waals surface area (Å²) in [5.41, 5.74) is 1.34. The van der Waals surface area contributed by atoms with E-state index in [1.807, 2.05) is 31.3 Å². The second-order valence-electron chi connectivity index (χ2n) is 6.02. The second-order valence-corrected chi connectivity index (χ2v) is 6.94. The number of rotatable bonds is 6. The van der Waals surface area contributed by atoms with Crippen molar-refractivity contribution in [1.29, 1.82) is 0 Å². The highest BCUT2D eigenvalue weighted by Gasteiger charge is 2.23. The second kappa shape index (κ2) is 9.42. The highest BCUT2D eigenvalue weighted by Crippen LogP contribution is 2.25. The molecule has 0 bridgehead atoms. The molecule has 130 valence electrons. The third-order valence-corrected chi connectivity index (χ3v) is 4.83. The average Bonchev–Trinajstić information content (AvgIpc) is 2.99. The van der Waals surface area contributed by atoms with Gasteiger partial charge in [-0.1, -0.05) is 28.1 Å². The van der Waals surface area contributed by atoms with Crippen LogP contribution >= 0.6 is 28.3 Å². The highest BCUT2D eigenvalue weighted by molar-refractivity contribution is 9.10. The SMILES string of the molecule is CNCC1CCCN1Cc1ccc(Oc2ccc(Br)cc2)cc1.Cl. The zero-order valence-corrected chi connectivity index (χ0v) is 16.3. The lowest BCUT2D eigenvalue weighted by Gasteiger charge is -2.24. The Balaban J connectivity index is 0.00000208. The molecule has 1 aliphatic heterocycles. The van der Waals surface area contributed by atoms with Crippen molar-refractivity contribution in [3.05, 3.63) is 58.6 Å². The molecule has 0 aromatic heterocycles. The van der Waals surface area contributed by atoms with Gasteiger partial charge in [0.15, 0.2) is 0 Å². The molecular weight excluding hydrogens is 388 g/mol. The Morgan fingerprint density at radius 1 is 1.08 bits per heavy atom. The Kier molecular flexibility index (Phi) is 7.56. The molecule has 1 unspecified atom stereocenters. The minimum Gasteiger partial charge on any atom is -0.457 e. The van der Waals surface area contributed by atoms with Crippen molar-refractivity contribution in [2.45, 2.75) is 25.4 Å². The first-order valence-electron chi connectivity index (χ1n) is 8.15. The van der Waals surface area contributed by atoms with Crippen LogP contribution in [0, 0.1) is 0 Å². The molecule has 1 N–H and O–H groups in total. The van der Waals surface area contributed by atoms with Gasteiger partial charge in [0.2, 0.25) is 0 Å². The van der Waals surface area contributed by atoms with Gasteiger partial charge >= 0.3 is 0 Å². The molecule has 1 fully saturated rings. The topological polar surface area (TPSA) is 24.5 Å². The molecule has 0 saturated carbocycles. The third kappa shape index (κ3) is 5.21. The molecule has 1 heterocycles. The lowest BCUT2D eigenvalue weighted by Crippen LogP contribution is -2.36. The van der Waals surface area contributed by atoms with Gasteiger partial charge in [-0.2, -0.15) is 0 Å². The fraction of sp³-hybridized carbons (Fsp3) is 0.368. The summed E-state index contributed by atoms with van der Waals surface area (Å²) >= 11 is 3.43. The minimum atomic E-state index is 0. The van der Waals surface area contributed by atoms with Gasteiger partial charge in [-0.05, 0) is 68.4 Å². The summed E-state index contributed by atoms with van der Waals surface area (Å²) in [5.74, 6) is 1.74. The summed E-state index contributed by atoms with van der Waals surface area (Å²) in [6, 6.07) is 17.0. The molecule has 0 aliphatic carbocycles. The quantitative estimate of drug-likeness (QED) is 0.735. The largest absolute Gasteiger partial charge is 0.457 e. The first kappa shape index (κ1) is 19.3. The van der Waals surface area contributed by atoms with Gasteiger partial charge in [0.05, 0.1) is 0 Å². The van der Waals surface area contributed by atoms with Crippen molar-refractivity contribution in [3.8, 4) is 11.5 Å². The van der Waals surface area contributed by atoms with Gasteiger partial charge in [0, 0.05) is 23.6 Å². The fourth-order valence-electron chi connectivity index (χ4n) is 3.11. The minimum absolute atomic E-state index is 0. The number of hydrogen-bond acceptors (Lipinski definition) is 3. The molecule has 1 atom stereocenters. The zero-order chi connectivity index (χ0) is 16.1. The number of nitrogens with zero attached hydrogens (tertiary/aromatic N) is 1. The average molecular weight is 412 g/mol. The smallest absolute Gasteiger partial charge is 0.127 e. The molecule has 5 heteroatoms. The number of ether oxygens (including phenoxy) is 1. The molecule has 0 radical (unpaired) electrons. The lowest BCUT2D eigenvalue weighted by atomic mass is 10.1. The summed E-state index contributed by atoms with van der Waals surface area (Å²) in [4.78, 5) is 2.57. The monoisotopic (exact) mass is 410 g/mol. The first-order chi connectivity index (χ1) is 11.2. The van der Waals surface area contributed by atoms with Crippen molar-refractivity contribution in [3.63, 3.8) is 0 Å². The van der Waals surface area contributed by atoms with E-state index < -0.39 is 0 Å². The summed E-state index contributed by atoms with van der Waals surface area (Å²) in [6.45, 7) is 3.29. The maximum atomic E-state index is 5.87. The van der Waals surface area contributed by atoms with Crippen LogP contribution in [0.3, 0.4) is 0 Å². The Morgan fingerprint density at radius 2 is 1.71 bits per heavy atom. The summed E-state index contributed by atoms with van der Waals surface area (Å²) < 4.78 is 6.93. The van der Waals surface area contributed by atoms with Crippen LogP contribution in [0.25, 0.3) is 0 Å². The van der Waals surface area contributed by atoms with Crippen LogP contribution in [0.2, 0.25) is 0 Å². The van der Waals surface area contributed by atoms with Gasteiger partial charge < -0.3 is 10.1 Å². The Labute approximate surface area is 158 Å². The Hall–Kier alpha value is -1.07. The summed E-state index contributed by atoms with van der Waals surface area (Å²) in [7, 11) is 2.03. The molecule has 2 aromatic carbocycles. The molecule has 2 aromatic rings. The van der Waals surface area contributed by atoms with Crippen molar-refractivity contribution in [2.75, 3.05) is 20.1 Å². The van der Waals surface area contributed by atoms with Crippen molar-refractivity contribution < 1.29 is 4.74 Å². The van der Waals surface area contributed by atoms with E-state index in [9.17, 15) is 0 Å². The number of likely N-dealkylation sites (tertiary alicyclic amines) is 1. The van der Waals surface area contributed by atoms with E-state index in [1.165, 1.54) is 24.9 Å². The zero-order valence-electron chi connectivity index (χ0n) is 13.9. The highest BCUT2D eigenvalue weighted by atomic mass is 79.9. The van der Waals surface area contributed by atoms with E-state index in [4.69, 9.17) is 4.74 Å². The van der Waals surface area contributed by atoms with E-state index in [0.29, 0.717) is 6.04 Å². The van der Waals surface area contributed by atoms with Gasteiger partial charge in [-0.3, -0.25) is 4.90 Å². The Bertz CT molecular complexity index is 618. The number of likely N-dealkylation sites (N-methyl/N-ethyl adjacent to an activating group) is 1. The van der Waals surface area contributed by atoms with Gasteiger partial charge in [-0.15, -0.1) is 12.4 Å². The standard InChI is InChI=1S/C19H23BrN2O.ClH/c1-21-13-17-3-2-12-22(17)14-15-4-8-18(9-5-15)23-19-10-6-16(20)7-11-19;/h4-11,17,21H,2-3,12-14H2,1H3;1H. The summed E-state index contributed by atoms with van der Waals surface area (Å²) in [5, 5.41) is 3.30. The predicted molar refractivity (Wildman–Crippen MR) is 105 cm³/mol. The third-order valence-electron chi connectivity index (χ3n) is 4.30. The lowest BCUT2D eigenvalue weighted by molar-refractivity contribution is 0.242.